The molecule has 2 rings (SSSR count). The van der Waals surface area contributed by atoms with E-state index in [9.17, 15) is 0 Å². The van der Waals surface area contributed by atoms with E-state index >= 15 is 0 Å². The predicted octanol–water partition coefficient (Wildman–Crippen LogP) is 1.91. The fraction of sp³-hybridized carbons (Fsp3) is 0.200. The maximum atomic E-state index is 3.28. The first-order valence-electron chi connectivity index (χ1n) is 4.21. The highest BCUT2D eigenvalue weighted by molar-refractivity contribution is 5.47. The Hall–Kier alpha value is -1.28. The van der Waals surface area contributed by atoms with Crippen LogP contribution in [-0.4, -0.2) is 6.54 Å². The standard InChI is InChI=1S/C10H12N2/c1-2-6-10(7-3-1)12-9-5-4-8-11-12/h1-3,5-7,9,11H,4,8H2. The van der Waals surface area contributed by atoms with Crippen LogP contribution in [-0.2, 0) is 0 Å². The molecule has 1 aliphatic heterocycles. The highest BCUT2D eigenvalue weighted by atomic mass is 15.5. The van der Waals surface area contributed by atoms with Gasteiger partial charge in [0.1, 0.15) is 0 Å². The van der Waals surface area contributed by atoms with Crippen LogP contribution in [0.3, 0.4) is 0 Å². The van der Waals surface area contributed by atoms with Crippen LogP contribution < -0.4 is 10.4 Å². The monoisotopic (exact) mass is 160 g/mol. The lowest BCUT2D eigenvalue weighted by Crippen LogP contribution is -2.36. The van der Waals surface area contributed by atoms with E-state index in [1.54, 1.807) is 0 Å². The molecule has 62 valence electrons. The maximum Gasteiger partial charge on any atom is 0.0570 e. The van der Waals surface area contributed by atoms with Crippen LogP contribution >= 0.6 is 0 Å². The Morgan fingerprint density at radius 3 is 2.67 bits per heavy atom. The zero-order valence-corrected chi connectivity index (χ0v) is 6.90. The average Bonchev–Trinajstić information content (AvgIpc) is 2.21. The van der Waals surface area contributed by atoms with Gasteiger partial charge in [-0.3, -0.25) is 5.01 Å². The van der Waals surface area contributed by atoms with E-state index in [2.05, 4.69) is 29.8 Å². The summed E-state index contributed by atoms with van der Waals surface area (Å²) < 4.78 is 0. The van der Waals surface area contributed by atoms with Crippen LogP contribution in [0.15, 0.2) is 42.6 Å². The molecule has 2 heteroatoms. The third-order valence-electron chi connectivity index (χ3n) is 1.88. The average molecular weight is 160 g/mol. The molecule has 0 amide bonds. The molecule has 1 aromatic carbocycles. The lowest BCUT2D eigenvalue weighted by molar-refractivity contribution is 0.676. The van der Waals surface area contributed by atoms with Crippen molar-refractivity contribution < 1.29 is 0 Å². The molecule has 1 aliphatic rings. The lowest BCUT2D eigenvalue weighted by Gasteiger charge is -2.24. The van der Waals surface area contributed by atoms with Crippen LogP contribution in [0.2, 0.25) is 0 Å². The van der Waals surface area contributed by atoms with Crippen molar-refractivity contribution in [1.82, 2.24) is 5.43 Å². The van der Waals surface area contributed by atoms with Crippen LogP contribution in [0.1, 0.15) is 6.42 Å². The Kier molecular flexibility index (Phi) is 2.10. The molecule has 0 atom stereocenters. The predicted molar refractivity (Wildman–Crippen MR) is 50.7 cm³/mol. The summed E-state index contributed by atoms with van der Waals surface area (Å²) in [7, 11) is 0. The number of hydrogen-bond donors (Lipinski definition) is 1. The minimum atomic E-state index is 1.02. The van der Waals surface area contributed by atoms with E-state index in [4.69, 9.17) is 0 Å². The van der Waals surface area contributed by atoms with Gasteiger partial charge in [-0.25, -0.2) is 5.43 Å². The van der Waals surface area contributed by atoms with Gasteiger partial charge in [0.15, 0.2) is 0 Å². The van der Waals surface area contributed by atoms with Gasteiger partial charge in [-0.2, -0.15) is 0 Å². The second kappa shape index (κ2) is 3.41. The van der Waals surface area contributed by atoms with Crippen LogP contribution in [0.25, 0.3) is 0 Å². The highest BCUT2D eigenvalue weighted by Gasteiger charge is 2.02. The van der Waals surface area contributed by atoms with Crippen molar-refractivity contribution in [3.05, 3.63) is 42.6 Å². The van der Waals surface area contributed by atoms with Crippen molar-refractivity contribution >= 4 is 5.69 Å². The van der Waals surface area contributed by atoms with Crippen molar-refractivity contribution in [1.29, 1.82) is 0 Å². The Bertz CT molecular complexity index is 266. The van der Waals surface area contributed by atoms with Crippen molar-refractivity contribution in [3.63, 3.8) is 0 Å². The van der Waals surface area contributed by atoms with Gasteiger partial charge >= 0.3 is 0 Å². The SMILES string of the molecule is C1=CN(c2ccccc2)NCC1. The number of anilines is 1. The summed E-state index contributed by atoms with van der Waals surface area (Å²) in [6.07, 6.45) is 5.35. The molecule has 12 heavy (non-hydrogen) atoms. The van der Waals surface area contributed by atoms with E-state index in [0.29, 0.717) is 0 Å². The Labute approximate surface area is 72.5 Å². The summed E-state index contributed by atoms with van der Waals surface area (Å²) in [4.78, 5) is 0. The summed E-state index contributed by atoms with van der Waals surface area (Å²) in [5, 5.41) is 2.05. The number of rotatable bonds is 1. The summed E-state index contributed by atoms with van der Waals surface area (Å²) in [5.74, 6) is 0. The quantitative estimate of drug-likeness (QED) is 0.675. The highest BCUT2D eigenvalue weighted by Crippen LogP contribution is 2.12. The maximum absolute atomic E-state index is 3.28. The van der Waals surface area contributed by atoms with E-state index < -0.39 is 0 Å². The largest absolute Gasteiger partial charge is 0.285 e. The Morgan fingerprint density at radius 1 is 1.17 bits per heavy atom. The Balaban J connectivity index is 2.19. The minimum absolute atomic E-state index is 1.02. The molecule has 0 spiro atoms. The second-order valence-electron chi connectivity index (χ2n) is 2.79. The van der Waals surface area contributed by atoms with E-state index in [-0.39, 0.29) is 0 Å². The minimum Gasteiger partial charge on any atom is -0.285 e. The van der Waals surface area contributed by atoms with Crippen molar-refractivity contribution in [2.24, 2.45) is 0 Å². The molecule has 0 saturated carbocycles. The molecule has 0 saturated heterocycles. The van der Waals surface area contributed by atoms with Gasteiger partial charge in [0.25, 0.3) is 0 Å². The van der Waals surface area contributed by atoms with Crippen molar-refractivity contribution in [3.8, 4) is 0 Å². The summed E-state index contributed by atoms with van der Waals surface area (Å²) in [5.41, 5.74) is 4.47. The zero-order chi connectivity index (χ0) is 8.23. The molecule has 0 fully saturated rings. The van der Waals surface area contributed by atoms with E-state index in [0.717, 1.165) is 13.0 Å². The fourth-order valence-corrected chi connectivity index (χ4v) is 1.27. The molecule has 0 aromatic heterocycles. The molecular formula is C10H12N2. The molecule has 0 unspecified atom stereocenters. The lowest BCUT2D eigenvalue weighted by atomic mass is 10.3. The van der Waals surface area contributed by atoms with E-state index in [1.807, 2.05) is 23.2 Å². The van der Waals surface area contributed by atoms with Crippen LogP contribution in [0.5, 0.6) is 0 Å². The molecule has 1 aromatic rings. The summed E-state index contributed by atoms with van der Waals surface area (Å²) >= 11 is 0. The first kappa shape index (κ1) is 7.37. The molecule has 0 aliphatic carbocycles. The summed E-state index contributed by atoms with van der Waals surface area (Å²) in [6, 6.07) is 10.3. The van der Waals surface area contributed by atoms with E-state index in [1.165, 1.54) is 5.69 Å². The number of hydrogen-bond acceptors (Lipinski definition) is 2. The second-order valence-corrected chi connectivity index (χ2v) is 2.79. The molecular weight excluding hydrogens is 148 g/mol. The molecule has 1 N–H and O–H groups in total. The first-order valence-corrected chi connectivity index (χ1v) is 4.21. The molecule has 1 heterocycles. The number of para-hydroxylation sites is 1. The van der Waals surface area contributed by atoms with Gasteiger partial charge in [0, 0.05) is 12.7 Å². The van der Waals surface area contributed by atoms with Crippen LogP contribution in [0.4, 0.5) is 5.69 Å². The van der Waals surface area contributed by atoms with Gasteiger partial charge < -0.3 is 0 Å². The van der Waals surface area contributed by atoms with Gasteiger partial charge in [-0.05, 0) is 18.6 Å². The fourth-order valence-electron chi connectivity index (χ4n) is 1.27. The normalized spacial score (nSPS) is 16.5. The van der Waals surface area contributed by atoms with Gasteiger partial charge in [0.2, 0.25) is 0 Å². The van der Waals surface area contributed by atoms with Gasteiger partial charge in [-0.1, -0.05) is 24.3 Å². The summed E-state index contributed by atoms with van der Waals surface area (Å²) in [6.45, 7) is 1.02. The molecule has 0 radical (unpaired) electrons. The first-order chi connectivity index (χ1) is 5.97. The van der Waals surface area contributed by atoms with Crippen molar-refractivity contribution in [2.75, 3.05) is 11.6 Å². The number of nitrogens with one attached hydrogen (secondary N) is 1. The number of benzene rings is 1. The number of hydrazine groups is 1. The van der Waals surface area contributed by atoms with Crippen molar-refractivity contribution in [2.45, 2.75) is 6.42 Å². The third kappa shape index (κ3) is 1.48. The number of nitrogens with zero attached hydrogens (tertiary/aromatic N) is 1. The van der Waals surface area contributed by atoms with Crippen LogP contribution in [0, 0.1) is 0 Å². The van der Waals surface area contributed by atoms with Gasteiger partial charge in [0.05, 0.1) is 5.69 Å². The zero-order valence-electron chi connectivity index (χ0n) is 6.90. The topological polar surface area (TPSA) is 15.3 Å². The Morgan fingerprint density at radius 2 is 2.00 bits per heavy atom. The van der Waals surface area contributed by atoms with Gasteiger partial charge in [-0.15, -0.1) is 0 Å². The molecule has 0 bridgehead atoms. The third-order valence-corrected chi connectivity index (χ3v) is 1.88. The smallest absolute Gasteiger partial charge is 0.0570 e. The molecule has 2 nitrogen and oxygen atoms in total.